The highest BCUT2D eigenvalue weighted by molar-refractivity contribution is 8.00. The van der Waals surface area contributed by atoms with Crippen LogP contribution in [0.3, 0.4) is 0 Å². The molecule has 1 aromatic heterocycles. The maximum atomic E-state index is 12.6. The number of hydrogen-bond acceptors (Lipinski definition) is 10. The zero-order chi connectivity index (χ0) is 19.7. The van der Waals surface area contributed by atoms with E-state index >= 15 is 0 Å². The first-order valence-corrected chi connectivity index (χ1v) is 9.46. The van der Waals surface area contributed by atoms with Crippen molar-refractivity contribution in [2.24, 2.45) is 5.16 Å². The quantitative estimate of drug-likeness (QED) is 0.254. The van der Waals surface area contributed by atoms with E-state index in [9.17, 15) is 24.6 Å². The molecular formula is C14H15N5O6S2. The molecule has 144 valence electrons. The van der Waals surface area contributed by atoms with Gasteiger partial charge in [0.05, 0.1) is 6.61 Å². The van der Waals surface area contributed by atoms with Gasteiger partial charge in [0.25, 0.3) is 11.8 Å². The van der Waals surface area contributed by atoms with Crippen LogP contribution < -0.4 is 11.1 Å². The van der Waals surface area contributed by atoms with E-state index in [0.29, 0.717) is 0 Å². The molecule has 1 fully saturated rings. The number of carbonyl (C=O) groups is 3. The van der Waals surface area contributed by atoms with Crippen LogP contribution in [0.2, 0.25) is 0 Å². The maximum absolute atomic E-state index is 12.6. The number of β-lactam (4-membered cyclic amide) rings is 1. The highest BCUT2D eigenvalue weighted by atomic mass is 32.2. The maximum Gasteiger partial charge on any atom is 0.352 e. The molecule has 11 nitrogen and oxygen atoms in total. The third kappa shape index (κ3) is 3.36. The molecule has 2 atom stereocenters. The molecule has 2 amide bonds. The molecule has 5 N–H and O–H groups in total. The molecule has 2 aliphatic heterocycles. The summed E-state index contributed by atoms with van der Waals surface area (Å²) in [5, 5.41) is 26.0. The van der Waals surface area contributed by atoms with Crippen molar-refractivity contribution in [3.05, 3.63) is 22.3 Å². The van der Waals surface area contributed by atoms with Gasteiger partial charge in [-0.05, 0) is 5.57 Å². The summed E-state index contributed by atoms with van der Waals surface area (Å²) in [6, 6.07) is -0.935. The number of aliphatic hydroxyl groups excluding tert-OH is 1. The predicted molar refractivity (Wildman–Crippen MR) is 96.8 cm³/mol. The number of aliphatic hydroxyl groups is 1. The Hall–Kier alpha value is -2.64. The molecule has 27 heavy (non-hydrogen) atoms. The Balaban J connectivity index is 1.79. The van der Waals surface area contributed by atoms with Crippen LogP contribution in [0, 0.1) is 0 Å². The summed E-state index contributed by atoms with van der Waals surface area (Å²) in [5.74, 6) is -2.35. The van der Waals surface area contributed by atoms with Crippen LogP contribution in [-0.2, 0) is 19.2 Å². The molecule has 0 aliphatic carbocycles. The zero-order valence-electron chi connectivity index (χ0n) is 13.9. The number of thioether (sulfide) groups is 1. The van der Waals surface area contributed by atoms with Gasteiger partial charge in [-0.25, -0.2) is 9.78 Å². The first-order valence-electron chi connectivity index (χ1n) is 7.53. The number of hydrogen-bond donors (Lipinski definition) is 4. The molecule has 0 radical (unpaired) electrons. The van der Waals surface area contributed by atoms with Gasteiger partial charge in [-0.15, -0.1) is 23.1 Å². The Labute approximate surface area is 160 Å². The highest BCUT2D eigenvalue weighted by Crippen LogP contribution is 2.40. The number of oxime groups is 1. The van der Waals surface area contributed by atoms with Crippen LogP contribution in [0.25, 0.3) is 0 Å². The number of amides is 2. The van der Waals surface area contributed by atoms with Gasteiger partial charge in [0.15, 0.2) is 10.8 Å². The summed E-state index contributed by atoms with van der Waals surface area (Å²) < 4.78 is 0. The van der Waals surface area contributed by atoms with E-state index in [2.05, 4.69) is 20.3 Å². The lowest BCUT2D eigenvalue weighted by Crippen LogP contribution is -2.71. The SMILES string of the molecule is CO/N=C(\C(=O)N[C@H]1C(=O)N2C(C(=O)O)=C(CO)CS[C@H]12)c1csc(N)n1. The van der Waals surface area contributed by atoms with Gasteiger partial charge in [0.2, 0.25) is 0 Å². The second kappa shape index (κ2) is 7.54. The monoisotopic (exact) mass is 413 g/mol. The molecule has 2 aliphatic rings. The minimum absolute atomic E-state index is 0.150. The predicted octanol–water partition coefficient (Wildman–Crippen LogP) is -1.19. The van der Waals surface area contributed by atoms with Crippen LogP contribution in [0.15, 0.2) is 21.8 Å². The van der Waals surface area contributed by atoms with Crippen molar-refractivity contribution < 1.29 is 29.4 Å². The lowest BCUT2D eigenvalue weighted by Gasteiger charge is -2.49. The topological polar surface area (TPSA) is 167 Å². The Bertz CT molecular complexity index is 866. The van der Waals surface area contributed by atoms with Crippen molar-refractivity contribution in [3.8, 4) is 0 Å². The van der Waals surface area contributed by atoms with Crippen LogP contribution >= 0.6 is 23.1 Å². The minimum atomic E-state index is -1.30. The summed E-state index contributed by atoms with van der Waals surface area (Å²) in [4.78, 5) is 46.2. The first-order chi connectivity index (χ1) is 12.9. The summed E-state index contributed by atoms with van der Waals surface area (Å²) >= 11 is 2.37. The standard InChI is InChI=1S/C14H15N5O6S2/c1-25-18-7(6-4-27-14(15)16-6)10(21)17-8-11(22)19-9(13(23)24)5(2-20)3-26-12(8)19/h4,8,12,20H,2-3H2,1H3,(H2,15,16)(H,17,21)(H,23,24)/b18-7-/t8-,12+/m0/s1. The van der Waals surface area contributed by atoms with Gasteiger partial charge >= 0.3 is 5.97 Å². The van der Waals surface area contributed by atoms with Gasteiger partial charge in [-0.2, -0.15) is 0 Å². The number of nitrogens with one attached hydrogen (secondary N) is 1. The van der Waals surface area contributed by atoms with Gasteiger partial charge in [-0.3, -0.25) is 14.5 Å². The molecule has 0 bridgehead atoms. The van der Waals surface area contributed by atoms with Crippen molar-refractivity contribution in [3.63, 3.8) is 0 Å². The molecule has 0 spiro atoms. The molecule has 3 heterocycles. The van der Waals surface area contributed by atoms with Gasteiger partial charge in [0.1, 0.15) is 29.9 Å². The van der Waals surface area contributed by atoms with E-state index < -0.39 is 35.8 Å². The number of nitrogens with zero attached hydrogens (tertiary/aromatic N) is 3. The number of rotatable bonds is 6. The third-order valence-corrected chi connectivity index (χ3v) is 5.90. The number of nitrogens with two attached hydrogens (primary N) is 1. The Morgan fingerprint density at radius 3 is 2.85 bits per heavy atom. The van der Waals surface area contributed by atoms with E-state index in [1.165, 1.54) is 24.3 Å². The molecule has 0 unspecified atom stereocenters. The molecule has 1 saturated heterocycles. The second-order valence-corrected chi connectivity index (χ2v) is 7.46. The zero-order valence-corrected chi connectivity index (χ0v) is 15.5. The number of thiazole rings is 1. The van der Waals surface area contributed by atoms with E-state index in [0.717, 1.165) is 16.2 Å². The van der Waals surface area contributed by atoms with Crippen molar-refractivity contribution in [1.29, 1.82) is 0 Å². The second-order valence-electron chi connectivity index (χ2n) is 5.47. The number of carboxylic acid groups (broad SMARTS) is 1. The lowest BCUT2D eigenvalue weighted by atomic mass is 10.0. The minimum Gasteiger partial charge on any atom is -0.477 e. The summed E-state index contributed by atoms with van der Waals surface area (Å²) in [6.07, 6.45) is 0. The van der Waals surface area contributed by atoms with Crippen LogP contribution in [0.1, 0.15) is 5.69 Å². The molecule has 13 heteroatoms. The van der Waals surface area contributed by atoms with E-state index in [1.54, 1.807) is 0 Å². The average Bonchev–Trinajstić information content (AvgIpc) is 3.08. The number of fused-ring (bicyclic) bond motifs is 1. The van der Waals surface area contributed by atoms with E-state index in [4.69, 9.17) is 5.73 Å². The van der Waals surface area contributed by atoms with Crippen LogP contribution in [0.5, 0.6) is 0 Å². The summed E-state index contributed by atoms with van der Waals surface area (Å²) in [5.41, 5.74) is 5.62. The fourth-order valence-electron chi connectivity index (χ4n) is 2.71. The molecule has 1 aromatic rings. The largest absolute Gasteiger partial charge is 0.477 e. The van der Waals surface area contributed by atoms with Crippen molar-refractivity contribution in [1.82, 2.24) is 15.2 Å². The third-order valence-electron chi connectivity index (χ3n) is 3.89. The number of aromatic nitrogens is 1. The Morgan fingerprint density at radius 2 is 2.30 bits per heavy atom. The molecular weight excluding hydrogens is 398 g/mol. The molecule has 0 aromatic carbocycles. The van der Waals surface area contributed by atoms with Crippen molar-refractivity contribution in [2.75, 3.05) is 25.2 Å². The van der Waals surface area contributed by atoms with Crippen LogP contribution in [0.4, 0.5) is 5.13 Å². The van der Waals surface area contributed by atoms with Gasteiger partial charge < -0.3 is 26.1 Å². The molecule has 3 rings (SSSR count). The number of carboxylic acids is 1. The fourth-order valence-corrected chi connectivity index (χ4v) is 4.59. The van der Waals surface area contributed by atoms with E-state index in [-0.39, 0.29) is 33.6 Å². The summed E-state index contributed by atoms with van der Waals surface area (Å²) in [6.45, 7) is -0.460. The Morgan fingerprint density at radius 1 is 1.56 bits per heavy atom. The number of anilines is 1. The Kier molecular flexibility index (Phi) is 5.34. The van der Waals surface area contributed by atoms with Crippen molar-refractivity contribution in [2.45, 2.75) is 11.4 Å². The number of aliphatic carboxylic acids is 1. The van der Waals surface area contributed by atoms with Gasteiger partial charge in [-0.1, -0.05) is 5.16 Å². The normalized spacial score (nSPS) is 22.2. The number of carbonyl (C=O) groups excluding carboxylic acids is 2. The van der Waals surface area contributed by atoms with E-state index in [1.807, 2.05) is 0 Å². The average molecular weight is 413 g/mol. The van der Waals surface area contributed by atoms with Crippen LogP contribution in [-0.4, -0.2) is 74.5 Å². The smallest absolute Gasteiger partial charge is 0.352 e. The fraction of sp³-hybridized carbons (Fsp3) is 0.357. The first kappa shape index (κ1) is 19.1. The van der Waals surface area contributed by atoms with Crippen molar-refractivity contribution >= 4 is 51.7 Å². The number of nitrogen functional groups attached to an aromatic ring is 1. The van der Waals surface area contributed by atoms with Gasteiger partial charge in [0, 0.05) is 11.1 Å². The summed E-state index contributed by atoms with van der Waals surface area (Å²) in [7, 11) is 1.26. The lowest BCUT2D eigenvalue weighted by molar-refractivity contribution is -0.150. The molecule has 0 saturated carbocycles. The highest BCUT2D eigenvalue weighted by Gasteiger charge is 2.54.